The molecule has 6 nitrogen and oxygen atoms in total. The van der Waals surface area contributed by atoms with Crippen LogP contribution in [-0.2, 0) is 11.2 Å². The largest absolute Gasteiger partial charge is 0.486 e. The molecule has 0 fully saturated rings. The SMILES string of the molecule is CCOC(=O)c1ccccc1-[n+]1[n-]oc(=N)c1CC(C)C. The number of rotatable bonds is 5. The molecule has 0 amide bonds. The zero-order valence-electron chi connectivity index (χ0n) is 12.4. The van der Waals surface area contributed by atoms with E-state index in [1.165, 1.54) is 4.68 Å². The molecule has 0 aliphatic heterocycles. The van der Waals surface area contributed by atoms with Gasteiger partial charge in [0.1, 0.15) is 5.56 Å². The molecule has 0 saturated carbocycles. The van der Waals surface area contributed by atoms with Crippen LogP contribution in [0.3, 0.4) is 0 Å². The molecule has 0 atom stereocenters. The third-order valence-corrected chi connectivity index (χ3v) is 2.96. The summed E-state index contributed by atoms with van der Waals surface area (Å²) in [5, 5.41) is 11.7. The van der Waals surface area contributed by atoms with E-state index < -0.39 is 5.97 Å². The van der Waals surface area contributed by atoms with Crippen molar-refractivity contribution in [3.05, 3.63) is 41.1 Å². The van der Waals surface area contributed by atoms with E-state index in [2.05, 4.69) is 5.27 Å². The van der Waals surface area contributed by atoms with Gasteiger partial charge < -0.3 is 9.26 Å². The van der Waals surface area contributed by atoms with E-state index in [9.17, 15) is 4.79 Å². The van der Waals surface area contributed by atoms with Gasteiger partial charge in [0.15, 0.2) is 0 Å². The first-order valence-electron chi connectivity index (χ1n) is 6.93. The van der Waals surface area contributed by atoms with E-state index >= 15 is 0 Å². The molecule has 6 heteroatoms. The Hall–Kier alpha value is -2.37. The van der Waals surface area contributed by atoms with Gasteiger partial charge in [-0.05, 0) is 18.9 Å². The molecule has 2 aromatic rings. The monoisotopic (exact) mass is 289 g/mol. The van der Waals surface area contributed by atoms with Crippen molar-refractivity contribution in [3.63, 3.8) is 0 Å². The highest BCUT2D eigenvalue weighted by atomic mass is 16.5. The lowest BCUT2D eigenvalue weighted by atomic mass is 10.1. The van der Waals surface area contributed by atoms with Crippen LogP contribution in [0.5, 0.6) is 0 Å². The normalized spacial score (nSPS) is 10.9. The van der Waals surface area contributed by atoms with Crippen molar-refractivity contribution in [1.82, 2.24) is 5.27 Å². The van der Waals surface area contributed by atoms with E-state index in [1.807, 2.05) is 19.9 Å². The smallest absolute Gasteiger partial charge is 0.344 e. The van der Waals surface area contributed by atoms with Crippen molar-refractivity contribution in [3.8, 4) is 5.69 Å². The van der Waals surface area contributed by atoms with Gasteiger partial charge >= 0.3 is 5.97 Å². The minimum atomic E-state index is -0.411. The zero-order valence-corrected chi connectivity index (χ0v) is 12.4. The van der Waals surface area contributed by atoms with Gasteiger partial charge in [-0.3, -0.25) is 5.41 Å². The van der Waals surface area contributed by atoms with Crippen LogP contribution in [0.2, 0.25) is 0 Å². The van der Waals surface area contributed by atoms with Crippen molar-refractivity contribution in [1.29, 1.82) is 5.41 Å². The number of esters is 1. The molecule has 112 valence electrons. The Labute approximate surface area is 122 Å². The Kier molecular flexibility index (Phi) is 4.57. The Bertz CT molecular complexity index is 685. The van der Waals surface area contributed by atoms with E-state index in [1.54, 1.807) is 25.1 Å². The van der Waals surface area contributed by atoms with Crippen molar-refractivity contribution in [2.24, 2.45) is 5.92 Å². The minimum Gasteiger partial charge on any atom is -0.486 e. The molecule has 1 aromatic carbocycles. The first-order chi connectivity index (χ1) is 10.0. The van der Waals surface area contributed by atoms with Crippen molar-refractivity contribution in [2.45, 2.75) is 27.2 Å². The Morgan fingerprint density at radius 2 is 2.14 bits per heavy atom. The number of carbonyl (C=O) groups excluding carboxylic acids is 1. The quantitative estimate of drug-likeness (QED) is 0.666. The molecule has 21 heavy (non-hydrogen) atoms. The lowest BCUT2D eigenvalue weighted by molar-refractivity contribution is -0.683. The van der Waals surface area contributed by atoms with Crippen LogP contribution in [0.1, 0.15) is 36.8 Å². The average molecular weight is 289 g/mol. The zero-order chi connectivity index (χ0) is 15.4. The third-order valence-electron chi connectivity index (χ3n) is 2.96. The van der Waals surface area contributed by atoms with E-state index in [0.29, 0.717) is 35.9 Å². The van der Waals surface area contributed by atoms with Gasteiger partial charge in [-0.15, -0.1) is 0 Å². The van der Waals surface area contributed by atoms with E-state index in [4.69, 9.17) is 14.7 Å². The summed E-state index contributed by atoms with van der Waals surface area (Å²) in [5.74, 6) is -0.0693. The van der Waals surface area contributed by atoms with Gasteiger partial charge in [0.05, 0.1) is 6.61 Å². The first-order valence-corrected chi connectivity index (χ1v) is 6.93. The highest BCUT2D eigenvalue weighted by Crippen LogP contribution is 2.11. The molecule has 0 radical (unpaired) electrons. The minimum absolute atomic E-state index is 0.0161. The maximum Gasteiger partial charge on any atom is 0.344 e. The summed E-state index contributed by atoms with van der Waals surface area (Å²) in [6.45, 7) is 6.16. The van der Waals surface area contributed by atoms with Crippen LogP contribution in [0.25, 0.3) is 5.69 Å². The Morgan fingerprint density at radius 3 is 2.81 bits per heavy atom. The molecule has 0 aliphatic rings. The van der Waals surface area contributed by atoms with Crippen LogP contribution in [-0.4, -0.2) is 12.6 Å². The fourth-order valence-corrected chi connectivity index (χ4v) is 2.07. The summed E-state index contributed by atoms with van der Waals surface area (Å²) in [7, 11) is 0. The number of nitrogens with one attached hydrogen (secondary N) is 1. The van der Waals surface area contributed by atoms with Gasteiger partial charge in [0, 0.05) is 12.5 Å². The average Bonchev–Trinajstić information content (AvgIpc) is 2.80. The van der Waals surface area contributed by atoms with Crippen LogP contribution >= 0.6 is 0 Å². The number of ether oxygens (including phenoxy) is 1. The van der Waals surface area contributed by atoms with Gasteiger partial charge in [-0.2, -0.15) is 0 Å². The molecule has 1 aromatic heterocycles. The van der Waals surface area contributed by atoms with Gasteiger partial charge in [-0.1, -0.05) is 26.0 Å². The number of nitrogens with zero attached hydrogens (tertiary/aromatic N) is 2. The Morgan fingerprint density at radius 1 is 1.43 bits per heavy atom. The maximum atomic E-state index is 12.0. The molecule has 0 unspecified atom stereocenters. The summed E-state index contributed by atoms with van der Waals surface area (Å²) in [6, 6.07) is 7.01. The topological polar surface area (TPSA) is 81.3 Å². The summed E-state index contributed by atoms with van der Waals surface area (Å²) in [4.78, 5) is 12.0. The van der Waals surface area contributed by atoms with Crippen molar-refractivity contribution >= 4 is 5.97 Å². The third kappa shape index (κ3) is 3.21. The standard InChI is InChI=1S/C15H19N3O3/c1-4-20-15(19)11-7-5-6-8-12(11)18-13(9-10(2)3)14(16)21-17-18/h5-8,10,16H,4,9H2,1-3H3. The van der Waals surface area contributed by atoms with Crippen LogP contribution in [0.4, 0.5) is 0 Å². The van der Waals surface area contributed by atoms with Crippen LogP contribution < -0.4 is 15.5 Å². The van der Waals surface area contributed by atoms with Crippen LogP contribution in [0.15, 0.2) is 28.8 Å². The predicted octanol–water partition coefficient (Wildman–Crippen LogP) is 1.37. The molecule has 2 rings (SSSR count). The fourth-order valence-electron chi connectivity index (χ4n) is 2.07. The number of benzene rings is 1. The molecule has 0 spiro atoms. The second-order valence-electron chi connectivity index (χ2n) is 5.10. The lowest BCUT2D eigenvalue weighted by Gasteiger charge is -2.07. The number of hydrogen-bond donors (Lipinski definition) is 1. The molecule has 0 aliphatic carbocycles. The van der Waals surface area contributed by atoms with Crippen molar-refractivity contribution in [2.75, 3.05) is 6.61 Å². The summed E-state index contributed by atoms with van der Waals surface area (Å²) >= 11 is 0. The molecular weight excluding hydrogens is 270 g/mol. The van der Waals surface area contributed by atoms with Gasteiger partial charge in [0.2, 0.25) is 11.4 Å². The number of para-hydroxylation sites is 1. The van der Waals surface area contributed by atoms with E-state index in [0.717, 1.165) is 0 Å². The summed E-state index contributed by atoms with van der Waals surface area (Å²) < 4.78 is 11.5. The summed E-state index contributed by atoms with van der Waals surface area (Å²) in [6.07, 6.45) is 0.638. The number of aromatic nitrogens is 2. The highest BCUT2D eigenvalue weighted by Gasteiger charge is 2.22. The summed E-state index contributed by atoms with van der Waals surface area (Å²) in [5.41, 5.74) is 1.63. The number of carbonyl (C=O) groups is 1. The molecule has 0 saturated heterocycles. The van der Waals surface area contributed by atoms with Gasteiger partial charge in [0.25, 0.3) is 5.55 Å². The predicted molar refractivity (Wildman–Crippen MR) is 73.9 cm³/mol. The van der Waals surface area contributed by atoms with Crippen LogP contribution in [0, 0.1) is 11.3 Å². The fraction of sp³-hybridized carbons (Fsp3) is 0.400. The highest BCUT2D eigenvalue weighted by molar-refractivity contribution is 5.92. The van der Waals surface area contributed by atoms with Crippen molar-refractivity contribution < 1.29 is 18.7 Å². The molecule has 0 bridgehead atoms. The molecule has 1 heterocycles. The second-order valence-corrected chi connectivity index (χ2v) is 5.10. The lowest BCUT2D eigenvalue weighted by Crippen LogP contribution is -2.42. The van der Waals surface area contributed by atoms with Gasteiger partial charge in [-0.25, -0.2) is 14.7 Å². The molecule has 1 N–H and O–H groups in total. The number of hydrogen-bond acceptors (Lipinski definition) is 4. The second kappa shape index (κ2) is 6.39. The Balaban J connectivity index is 2.53. The molecular formula is C15H19N3O3. The van der Waals surface area contributed by atoms with E-state index in [-0.39, 0.29) is 5.55 Å². The first kappa shape index (κ1) is 15.0. The maximum absolute atomic E-state index is 12.0.